The highest BCUT2D eigenvalue weighted by atomic mass is 32.2. The summed E-state index contributed by atoms with van der Waals surface area (Å²) in [6.07, 6.45) is 5.69. The lowest BCUT2D eigenvalue weighted by molar-refractivity contribution is 0.0697. The maximum Gasteiger partial charge on any atom is 0.287 e. The molecule has 1 saturated heterocycles. The van der Waals surface area contributed by atoms with Crippen LogP contribution in [0.2, 0.25) is 0 Å². The highest BCUT2D eigenvalue weighted by Crippen LogP contribution is 2.34. The van der Waals surface area contributed by atoms with E-state index in [2.05, 4.69) is 16.8 Å². The van der Waals surface area contributed by atoms with Crippen LogP contribution >= 0.6 is 0 Å². The van der Waals surface area contributed by atoms with Crippen molar-refractivity contribution in [2.75, 3.05) is 26.7 Å². The third-order valence-electron chi connectivity index (χ3n) is 6.80. The topological polar surface area (TPSA) is 80.4 Å². The van der Waals surface area contributed by atoms with Crippen molar-refractivity contribution in [2.24, 2.45) is 13.0 Å². The second-order valence-electron chi connectivity index (χ2n) is 9.27. The molecule has 1 aromatic carbocycles. The molecule has 170 valence electrons. The summed E-state index contributed by atoms with van der Waals surface area (Å²) in [5.41, 5.74) is 3.01. The number of piperidine rings is 1. The first-order valence-corrected chi connectivity index (χ1v) is 12.6. The number of hydrogen-bond donors (Lipinski definition) is 0. The molecule has 0 N–H and O–H groups in total. The highest BCUT2D eigenvalue weighted by Gasteiger charge is 2.31. The van der Waals surface area contributed by atoms with Gasteiger partial charge in [0.15, 0.2) is 5.03 Å². The van der Waals surface area contributed by atoms with Crippen LogP contribution < -0.4 is 0 Å². The number of likely N-dealkylation sites (N-methyl/N-ethyl adjacent to an activating group) is 1. The highest BCUT2D eigenvalue weighted by molar-refractivity contribution is 7.90. The lowest BCUT2D eigenvalue weighted by atomic mass is 9.98. The Morgan fingerprint density at radius 2 is 1.88 bits per heavy atom. The summed E-state index contributed by atoms with van der Waals surface area (Å²) in [6.45, 7) is 5.19. The molecule has 0 bridgehead atoms. The zero-order valence-corrected chi connectivity index (χ0v) is 19.6. The molecule has 9 heteroatoms. The average Bonchev–Trinajstić information content (AvgIpc) is 3.35. The molecule has 32 heavy (non-hydrogen) atoms. The molecule has 0 atom stereocenters. The average molecular weight is 456 g/mol. The van der Waals surface area contributed by atoms with Crippen LogP contribution in [0.3, 0.4) is 0 Å². The molecule has 1 amide bonds. The Hall–Kier alpha value is -2.65. The van der Waals surface area contributed by atoms with Crippen LogP contribution in [0.15, 0.2) is 35.7 Å². The molecular weight excluding hydrogens is 426 g/mol. The summed E-state index contributed by atoms with van der Waals surface area (Å²) in [7, 11) is -0.0648. The normalized spacial score (nSPS) is 18.3. The SMILES string of the molecule is CC1CCN(C(=O)c2ccc3c(c2)c2c(n3S(=O)(=O)c3cn(C)cn3)CCN(C)C2)CC1. The van der Waals surface area contributed by atoms with Gasteiger partial charge >= 0.3 is 0 Å². The van der Waals surface area contributed by atoms with Crippen molar-refractivity contribution in [1.29, 1.82) is 0 Å². The van der Waals surface area contributed by atoms with Crippen LogP contribution in [0, 0.1) is 5.92 Å². The number of aryl methyl sites for hydroxylation is 1. The number of fused-ring (bicyclic) bond motifs is 3. The fourth-order valence-electron chi connectivity index (χ4n) is 4.87. The van der Waals surface area contributed by atoms with Gasteiger partial charge in [0.1, 0.15) is 0 Å². The van der Waals surface area contributed by atoms with E-state index in [1.54, 1.807) is 23.7 Å². The van der Waals surface area contributed by atoms with E-state index in [-0.39, 0.29) is 10.9 Å². The first-order chi connectivity index (χ1) is 15.3. The standard InChI is InChI=1S/C23H29N5O3S/c1-16-6-10-27(11-7-16)23(29)17-4-5-20-18(12-17)19-13-25(2)9-8-21(19)28(20)32(30,31)22-14-26(3)15-24-22/h4-5,12,14-16H,6-11,13H2,1-3H3. The lowest BCUT2D eigenvalue weighted by Gasteiger charge is -2.30. The van der Waals surface area contributed by atoms with Gasteiger partial charge in [-0.3, -0.25) is 4.79 Å². The van der Waals surface area contributed by atoms with E-state index in [9.17, 15) is 13.2 Å². The van der Waals surface area contributed by atoms with Crippen molar-refractivity contribution in [3.05, 3.63) is 47.5 Å². The Labute approximate surface area is 188 Å². The summed E-state index contributed by atoms with van der Waals surface area (Å²) >= 11 is 0. The van der Waals surface area contributed by atoms with E-state index in [1.807, 2.05) is 18.0 Å². The van der Waals surface area contributed by atoms with Gasteiger partial charge in [-0.1, -0.05) is 6.92 Å². The zero-order chi connectivity index (χ0) is 22.6. The van der Waals surface area contributed by atoms with Gasteiger partial charge in [0.25, 0.3) is 15.9 Å². The molecule has 4 heterocycles. The summed E-state index contributed by atoms with van der Waals surface area (Å²) in [5, 5.41) is 0.864. The summed E-state index contributed by atoms with van der Waals surface area (Å²) in [6, 6.07) is 5.44. The lowest BCUT2D eigenvalue weighted by Crippen LogP contribution is -2.37. The van der Waals surface area contributed by atoms with Crippen molar-refractivity contribution in [2.45, 2.75) is 37.8 Å². The van der Waals surface area contributed by atoms with Crippen molar-refractivity contribution >= 4 is 26.8 Å². The smallest absolute Gasteiger partial charge is 0.287 e. The van der Waals surface area contributed by atoms with E-state index >= 15 is 0 Å². The molecule has 8 nitrogen and oxygen atoms in total. The minimum Gasteiger partial charge on any atom is -0.339 e. The van der Waals surface area contributed by atoms with Crippen LogP contribution in [0.1, 0.15) is 41.4 Å². The number of amides is 1. The Morgan fingerprint density at radius 1 is 1.12 bits per heavy atom. The molecule has 1 fully saturated rings. The van der Waals surface area contributed by atoms with Crippen LogP contribution in [-0.4, -0.2) is 64.3 Å². The van der Waals surface area contributed by atoms with E-state index in [4.69, 9.17) is 0 Å². The second kappa shape index (κ2) is 7.74. The Bertz CT molecular complexity index is 1300. The maximum atomic E-state index is 13.6. The Kier molecular flexibility index (Phi) is 5.13. The number of hydrogen-bond acceptors (Lipinski definition) is 5. The number of carbonyl (C=O) groups is 1. The molecule has 3 aromatic rings. The van der Waals surface area contributed by atoms with E-state index in [1.165, 1.54) is 16.5 Å². The zero-order valence-electron chi connectivity index (χ0n) is 18.8. The molecule has 0 radical (unpaired) electrons. The van der Waals surface area contributed by atoms with Gasteiger partial charge in [-0.2, -0.15) is 8.42 Å². The summed E-state index contributed by atoms with van der Waals surface area (Å²) in [4.78, 5) is 21.4. The Morgan fingerprint density at radius 3 is 2.56 bits per heavy atom. The van der Waals surface area contributed by atoms with Gasteiger partial charge in [0.2, 0.25) is 0 Å². The number of imidazole rings is 1. The maximum absolute atomic E-state index is 13.6. The van der Waals surface area contributed by atoms with Gasteiger partial charge in [0.05, 0.1) is 11.8 Å². The van der Waals surface area contributed by atoms with Gasteiger partial charge in [-0.15, -0.1) is 0 Å². The summed E-state index contributed by atoms with van der Waals surface area (Å²) < 4.78 is 30.2. The molecular formula is C23H29N5O3S. The minimum atomic E-state index is -3.85. The van der Waals surface area contributed by atoms with E-state index in [0.29, 0.717) is 30.0 Å². The van der Waals surface area contributed by atoms with Crippen LogP contribution in [0.25, 0.3) is 10.9 Å². The van der Waals surface area contributed by atoms with E-state index in [0.717, 1.165) is 49.1 Å². The number of benzene rings is 1. The predicted molar refractivity (Wildman–Crippen MR) is 122 cm³/mol. The van der Waals surface area contributed by atoms with Crippen LogP contribution in [0.4, 0.5) is 0 Å². The number of rotatable bonds is 3. The largest absolute Gasteiger partial charge is 0.339 e. The molecule has 0 unspecified atom stereocenters. The summed E-state index contributed by atoms with van der Waals surface area (Å²) in [5.74, 6) is 0.673. The monoisotopic (exact) mass is 455 g/mol. The number of likely N-dealkylation sites (tertiary alicyclic amines) is 1. The number of aromatic nitrogens is 3. The van der Waals surface area contributed by atoms with E-state index < -0.39 is 10.0 Å². The van der Waals surface area contributed by atoms with Crippen molar-refractivity contribution in [3.8, 4) is 0 Å². The first kappa shape index (κ1) is 21.2. The second-order valence-corrected chi connectivity index (χ2v) is 11.0. The quantitative estimate of drug-likeness (QED) is 0.606. The minimum absolute atomic E-state index is 0.0250. The molecule has 0 spiro atoms. The fraction of sp³-hybridized carbons (Fsp3) is 0.478. The van der Waals surface area contributed by atoms with Gasteiger partial charge < -0.3 is 14.4 Å². The first-order valence-electron chi connectivity index (χ1n) is 11.1. The van der Waals surface area contributed by atoms with Crippen molar-refractivity contribution < 1.29 is 13.2 Å². The molecule has 2 aliphatic rings. The van der Waals surface area contributed by atoms with Gasteiger partial charge in [-0.05, 0) is 49.6 Å². The molecule has 0 saturated carbocycles. The molecule has 2 aromatic heterocycles. The number of carbonyl (C=O) groups excluding carboxylic acids is 1. The van der Waals surface area contributed by atoms with Gasteiger partial charge in [-0.25, -0.2) is 8.96 Å². The predicted octanol–water partition coefficient (Wildman–Crippen LogP) is 2.47. The third-order valence-corrected chi connectivity index (χ3v) is 8.43. The Balaban J connectivity index is 1.64. The van der Waals surface area contributed by atoms with Crippen molar-refractivity contribution in [1.82, 2.24) is 23.3 Å². The molecule has 5 rings (SSSR count). The fourth-order valence-corrected chi connectivity index (χ4v) is 6.45. The van der Waals surface area contributed by atoms with Crippen molar-refractivity contribution in [3.63, 3.8) is 0 Å². The molecule has 0 aliphatic carbocycles. The molecule has 2 aliphatic heterocycles. The van der Waals surface area contributed by atoms with Crippen LogP contribution in [0.5, 0.6) is 0 Å². The van der Waals surface area contributed by atoms with Crippen LogP contribution in [-0.2, 0) is 30.0 Å². The van der Waals surface area contributed by atoms with Gasteiger partial charge in [0, 0.05) is 62.5 Å². The third kappa shape index (κ3) is 3.44. The number of nitrogens with zero attached hydrogens (tertiary/aromatic N) is 5.